The van der Waals surface area contributed by atoms with Crippen molar-refractivity contribution < 1.29 is 4.74 Å². The largest absolute Gasteiger partial charge is 0.496 e. The van der Waals surface area contributed by atoms with Crippen molar-refractivity contribution in [1.29, 1.82) is 0 Å². The predicted octanol–water partition coefficient (Wildman–Crippen LogP) is 4.02. The molecule has 3 rings (SSSR count). The first kappa shape index (κ1) is 13.3. The van der Waals surface area contributed by atoms with Crippen LogP contribution in [0.5, 0.6) is 5.75 Å². The summed E-state index contributed by atoms with van der Waals surface area (Å²) in [5, 5.41) is 3.17. The molecular weight excluding hydrogens is 266 g/mol. The summed E-state index contributed by atoms with van der Waals surface area (Å²) in [6, 6.07) is 9.54. The Labute approximate surface area is 122 Å². The number of methoxy groups -OCH3 is 1. The lowest BCUT2D eigenvalue weighted by atomic mass is 10.1. The van der Waals surface area contributed by atoms with E-state index in [0.29, 0.717) is 11.5 Å². The molecule has 3 aromatic rings. The van der Waals surface area contributed by atoms with E-state index in [1.54, 1.807) is 17.7 Å². The highest BCUT2D eigenvalue weighted by Gasteiger charge is 2.16. The number of nitroso groups, excluding NO2 is 1. The Hall–Kier alpha value is -2.69. The third-order valence-corrected chi connectivity index (χ3v) is 3.57. The van der Waals surface area contributed by atoms with Gasteiger partial charge in [0, 0.05) is 11.8 Å². The van der Waals surface area contributed by atoms with Gasteiger partial charge in [0.15, 0.2) is 0 Å². The second kappa shape index (κ2) is 5.01. The highest BCUT2D eigenvalue weighted by Crippen LogP contribution is 2.33. The molecule has 5 heteroatoms. The Balaban J connectivity index is 2.27. The van der Waals surface area contributed by atoms with Gasteiger partial charge in [0.1, 0.15) is 17.1 Å². The Bertz CT molecular complexity index is 837. The summed E-state index contributed by atoms with van der Waals surface area (Å²) in [5.74, 6) is 1.12. The normalized spacial score (nSPS) is 10.8. The summed E-state index contributed by atoms with van der Waals surface area (Å²) in [4.78, 5) is 15.8. The first-order valence-electron chi connectivity index (χ1n) is 6.61. The van der Waals surface area contributed by atoms with Crippen molar-refractivity contribution >= 4 is 11.5 Å². The molecule has 2 heterocycles. The number of benzene rings is 1. The highest BCUT2D eigenvalue weighted by atomic mass is 16.5. The number of hydrogen-bond acceptors (Lipinski definition) is 4. The van der Waals surface area contributed by atoms with Crippen LogP contribution in [0.3, 0.4) is 0 Å². The molecule has 0 bridgehead atoms. The van der Waals surface area contributed by atoms with Crippen molar-refractivity contribution in [1.82, 2.24) is 9.38 Å². The van der Waals surface area contributed by atoms with E-state index in [1.165, 1.54) is 0 Å². The van der Waals surface area contributed by atoms with E-state index in [2.05, 4.69) is 10.2 Å². The van der Waals surface area contributed by atoms with Gasteiger partial charge in [-0.2, -0.15) is 0 Å². The van der Waals surface area contributed by atoms with Crippen LogP contribution >= 0.6 is 0 Å². The van der Waals surface area contributed by atoms with Crippen LogP contribution in [0.1, 0.15) is 11.1 Å². The summed E-state index contributed by atoms with van der Waals surface area (Å²) < 4.78 is 6.98. The van der Waals surface area contributed by atoms with Crippen LogP contribution in [0, 0.1) is 18.8 Å². The van der Waals surface area contributed by atoms with Gasteiger partial charge in [-0.25, -0.2) is 4.98 Å². The number of aryl methyl sites for hydroxylation is 2. The smallest absolute Gasteiger partial charge is 0.209 e. The molecule has 0 aliphatic rings. The summed E-state index contributed by atoms with van der Waals surface area (Å²) in [5.41, 5.74) is 4.17. The summed E-state index contributed by atoms with van der Waals surface area (Å²) in [7, 11) is 1.63. The van der Waals surface area contributed by atoms with E-state index in [4.69, 9.17) is 4.74 Å². The van der Waals surface area contributed by atoms with E-state index in [1.807, 2.05) is 44.2 Å². The van der Waals surface area contributed by atoms with Crippen molar-refractivity contribution in [3.63, 3.8) is 0 Å². The molecule has 106 valence electrons. The van der Waals surface area contributed by atoms with Crippen LogP contribution < -0.4 is 4.74 Å². The third-order valence-electron chi connectivity index (χ3n) is 3.57. The predicted molar refractivity (Wildman–Crippen MR) is 82.1 cm³/mol. The number of nitrogens with zero attached hydrogens (tertiary/aromatic N) is 3. The first-order valence-corrected chi connectivity index (χ1v) is 6.61. The Morgan fingerprint density at radius 1 is 1.19 bits per heavy atom. The number of ether oxygens (including phenoxy) is 1. The molecule has 0 radical (unpaired) electrons. The monoisotopic (exact) mass is 281 g/mol. The van der Waals surface area contributed by atoms with Gasteiger partial charge in [-0.05, 0) is 54.4 Å². The molecule has 0 aliphatic carbocycles. The number of aromatic nitrogens is 2. The van der Waals surface area contributed by atoms with E-state index < -0.39 is 0 Å². The highest BCUT2D eigenvalue weighted by molar-refractivity contribution is 5.76. The van der Waals surface area contributed by atoms with Crippen LogP contribution in [0.15, 0.2) is 41.7 Å². The summed E-state index contributed by atoms with van der Waals surface area (Å²) in [6.45, 7) is 3.91. The van der Waals surface area contributed by atoms with Crippen molar-refractivity contribution in [3.8, 4) is 17.0 Å². The van der Waals surface area contributed by atoms with Crippen LogP contribution in [-0.4, -0.2) is 16.5 Å². The molecule has 0 spiro atoms. The fourth-order valence-corrected chi connectivity index (χ4v) is 2.50. The maximum Gasteiger partial charge on any atom is 0.209 e. The van der Waals surface area contributed by atoms with Crippen molar-refractivity contribution in [2.45, 2.75) is 13.8 Å². The van der Waals surface area contributed by atoms with Gasteiger partial charge in [-0.15, -0.1) is 4.91 Å². The van der Waals surface area contributed by atoms with Crippen LogP contribution in [0.4, 0.5) is 5.82 Å². The molecule has 0 unspecified atom stereocenters. The molecule has 0 aliphatic heterocycles. The zero-order valence-corrected chi connectivity index (χ0v) is 12.1. The fraction of sp³-hybridized carbons (Fsp3) is 0.188. The molecule has 0 amide bonds. The summed E-state index contributed by atoms with van der Waals surface area (Å²) >= 11 is 0. The molecule has 5 nitrogen and oxygen atoms in total. The van der Waals surface area contributed by atoms with Gasteiger partial charge in [0.25, 0.3) is 0 Å². The van der Waals surface area contributed by atoms with E-state index in [9.17, 15) is 4.91 Å². The topological polar surface area (TPSA) is 56.0 Å². The summed E-state index contributed by atoms with van der Waals surface area (Å²) in [6.07, 6.45) is 1.80. The molecule has 0 fully saturated rings. The van der Waals surface area contributed by atoms with Gasteiger partial charge >= 0.3 is 0 Å². The fourth-order valence-electron chi connectivity index (χ4n) is 2.50. The first-order chi connectivity index (χ1) is 10.2. The lowest BCUT2D eigenvalue weighted by molar-refractivity contribution is 0.412. The van der Waals surface area contributed by atoms with E-state index in [0.717, 1.165) is 28.1 Å². The third kappa shape index (κ3) is 2.07. The van der Waals surface area contributed by atoms with Crippen LogP contribution in [0.2, 0.25) is 0 Å². The van der Waals surface area contributed by atoms with Crippen LogP contribution in [0.25, 0.3) is 16.9 Å². The van der Waals surface area contributed by atoms with Gasteiger partial charge in [0.05, 0.1) is 7.11 Å². The van der Waals surface area contributed by atoms with Crippen molar-refractivity contribution in [2.75, 3.05) is 7.11 Å². The Kier molecular flexibility index (Phi) is 3.17. The average molecular weight is 281 g/mol. The number of hydrogen-bond donors (Lipinski definition) is 0. The number of pyridine rings is 1. The van der Waals surface area contributed by atoms with E-state index in [-0.39, 0.29) is 0 Å². The maximum absolute atomic E-state index is 11.3. The number of fused-ring (bicyclic) bond motifs is 1. The molecule has 0 N–H and O–H groups in total. The Morgan fingerprint density at radius 2 is 2.00 bits per heavy atom. The minimum Gasteiger partial charge on any atom is -0.496 e. The Morgan fingerprint density at radius 3 is 2.67 bits per heavy atom. The molecule has 1 aromatic carbocycles. The number of imidazole rings is 1. The van der Waals surface area contributed by atoms with Gasteiger partial charge in [0.2, 0.25) is 5.82 Å². The second-order valence-corrected chi connectivity index (χ2v) is 4.94. The maximum atomic E-state index is 11.3. The zero-order chi connectivity index (χ0) is 15.0. The van der Waals surface area contributed by atoms with Crippen molar-refractivity contribution in [2.24, 2.45) is 5.18 Å². The molecule has 0 saturated heterocycles. The molecule has 21 heavy (non-hydrogen) atoms. The average Bonchev–Trinajstić information content (AvgIpc) is 2.87. The van der Waals surface area contributed by atoms with Gasteiger partial charge in [-0.1, -0.05) is 6.07 Å². The van der Waals surface area contributed by atoms with Crippen molar-refractivity contribution in [3.05, 3.63) is 52.6 Å². The van der Waals surface area contributed by atoms with Crippen LogP contribution in [-0.2, 0) is 0 Å². The molecule has 2 aromatic heterocycles. The molecule has 0 saturated carbocycles. The lowest BCUT2D eigenvalue weighted by Crippen LogP contribution is -1.88. The zero-order valence-electron chi connectivity index (χ0n) is 12.1. The second-order valence-electron chi connectivity index (χ2n) is 4.94. The molecule has 0 atom stereocenters. The quantitative estimate of drug-likeness (QED) is 0.681. The molecular formula is C16H15N3O2. The SMILES string of the molecule is COc1ccc(-c2nc3c(C)cccn3c2N=O)cc1C. The minimum atomic E-state index is 0.318. The minimum absolute atomic E-state index is 0.318. The number of rotatable bonds is 3. The van der Waals surface area contributed by atoms with E-state index >= 15 is 0 Å². The lowest BCUT2D eigenvalue weighted by Gasteiger charge is -2.05. The van der Waals surface area contributed by atoms with Gasteiger partial charge in [-0.3, -0.25) is 4.40 Å². The van der Waals surface area contributed by atoms with Gasteiger partial charge < -0.3 is 4.74 Å². The standard InChI is InChI=1S/C16H15N3O2/c1-10-5-4-8-19-15(10)17-14(16(19)18-20)12-6-7-13(21-3)11(2)9-12/h4-9H,1-3H3.